The van der Waals surface area contributed by atoms with Crippen molar-refractivity contribution in [2.45, 2.75) is 19.4 Å². The van der Waals surface area contributed by atoms with Crippen molar-refractivity contribution in [2.75, 3.05) is 13.2 Å². The summed E-state index contributed by atoms with van der Waals surface area (Å²) in [5.74, 6) is -1.60. The molecule has 2 heterocycles. The lowest BCUT2D eigenvalue weighted by molar-refractivity contribution is -0.129. The van der Waals surface area contributed by atoms with Gasteiger partial charge in [0.15, 0.2) is 23.0 Å². The summed E-state index contributed by atoms with van der Waals surface area (Å²) >= 11 is 0. The zero-order valence-corrected chi connectivity index (χ0v) is 17.5. The highest BCUT2D eigenvalue weighted by molar-refractivity contribution is 6.15. The molecule has 0 radical (unpaired) electrons. The maximum absolute atomic E-state index is 13.2. The van der Waals surface area contributed by atoms with Crippen LogP contribution in [-0.4, -0.2) is 40.0 Å². The van der Waals surface area contributed by atoms with Gasteiger partial charge in [0.25, 0.3) is 5.91 Å². The average Bonchev–Trinajstić information content (AvgIpc) is 3.42. The van der Waals surface area contributed by atoms with Gasteiger partial charge in [-0.25, -0.2) is 0 Å². The molecule has 1 aliphatic rings. The fraction of sp³-hybridized carbons (Fsp3) is 0.200. The first-order valence-corrected chi connectivity index (χ1v) is 10.3. The number of furan rings is 1. The number of aliphatic hydroxyl groups excluding tert-OH is 1. The van der Waals surface area contributed by atoms with Gasteiger partial charge in [-0.15, -0.1) is 0 Å². The van der Waals surface area contributed by atoms with Crippen LogP contribution in [0.15, 0.2) is 82.7 Å². The van der Waals surface area contributed by atoms with Gasteiger partial charge in [0.1, 0.15) is 0 Å². The van der Waals surface area contributed by atoms with Gasteiger partial charge < -0.3 is 24.3 Å². The third-order valence-electron chi connectivity index (χ3n) is 5.38. The van der Waals surface area contributed by atoms with E-state index in [2.05, 4.69) is 0 Å². The quantitative estimate of drug-likeness (QED) is 0.517. The van der Waals surface area contributed by atoms with Crippen molar-refractivity contribution in [1.29, 1.82) is 0 Å². The minimum atomic E-state index is -0.858. The molecule has 0 saturated heterocycles. The number of rotatable bonds is 8. The van der Waals surface area contributed by atoms with E-state index in [1.807, 2.05) is 30.3 Å². The maximum Gasteiger partial charge on any atom is 0.290 e. The van der Waals surface area contributed by atoms with Crippen LogP contribution in [0.4, 0.5) is 0 Å². The van der Waals surface area contributed by atoms with Crippen molar-refractivity contribution >= 4 is 11.7 Å². The van der Waals surface area contributed by atoms with E-state index >= 15 is 0 Å². The summed E-state index contributed by atoms with van der Waals surface area (Å²) in [6, 6.07) is 16.5. The maximum atomic E-state index is 13.2. The molecular formula is C25H23NO6. The third kappa shape index (κ3) is 3.97. The Kier molecular flexibility index (Phi) is 5.98. The number of aliphatic hydroxyl groups is 1. The lowest BCUT2D eigenvalue weighted by atomic mass is 9.94. The normalized spacial score (nSPS) is 16.0. The van der Waals surface area contributed by atoms with Gasteiger partial charge in [0, 0.05) is 6.54 Å². The van der Waals surface area contributed by atoms with Gasteiger partial charge in [-0.05, 0) is 48.7 Å². The van der Waals surface area contributed by atoms with E-state index in [9.17, 15) is 19.8 Å². The predicted molar refractivity (Wildman–Crippen MR) is 117 cm³/mol. The number of aromatic hydroxyl groups is 1. The number of benzene rings is 2. The highest BCUT2D eigenvalue weighted by Gasteiger charge is 2.44. The minimum absolute atomic E-state index is 0.0260. The fourth-order valence-electron chi connectivity index (χ4n) is 3.87. The molecule has 1 atom stereocenters. The van der Waals surface area contributed by atoms with E-state index in [0.29, 0.717) is 18.6 Å². The molecule has 2 aromatic carbocycles. The van der Waals surface area contributed by atoms with Gasteiger partial charge in [-0.1, -0.05) is 36.4 Å². The molecule has 0 saturated carbocycles. The number of hydrogen-bond donors (Lipinski definition) is 2. The zero-order valence-electron chi connectivity index (χ0n) is 17.5. The molecule has 0 aliphatic carbocycles. The number of ketones is 1. The summed E-state index contributed by atoms with van der Waals surface area (Å²) < 4.78 is 10.7. The molecule has 1 aliphatic heterocycles. The van der Waals surface area contributed by atoms with Gasteiger partial charge >= 0.3 is 0 Å². The summed E-state index contributed by atoms with van der Waals surface area (Å²) in [5, 5.41) is 20.8. The van der Waals surface area contributed by atoms with Gasteiger partial charge in [-0.3, -0.25) is 9.59 Å². The number of phenols is 1. The van der Waals surface area contributed by atoms with Crippen LogP contribution in [0, 0.1) is 0 Å². The van der Waals surface area contributed by atoms with Crippen LogP contribution >= 0.6 is 0 Å². The predicted octanol–water partition coefficient (Wildman–Crippen LogP) is 4.20. The number of nitrogens with zero attached hydrogens (tertiary/aromatic N) is 1. The number of carbonyl (C=O) groups is 2. The fourth-order valence-corrected chi connectivity index (χ4v) is 3.87. The Hall–Kier alpha value is -4.00. The third-order valence-corrected chi connectivity index (χ3v) is 5.38. The minimum Gasteiger partial charge on any atom is -0.504 e. The molecule has 0 bridgehead atoms. The molecule has 3 aromatic rings. The lowest BCUT2D eigenvalue weighted by Gasteiger charge is -2.27. The number of hydrogen-bond acceptors (Lipinski definition) is 6. The standard InChI is InChI=1S/C25H23NO6/c1-2-31-20-15-17(10-11-18(20)27)22-21(23(28)19-9-6-14-32-19)24(29)25(30)26(22)13-12-16-7-4-3-5-8-16/h3-11,14-15,22,27,29H,2,12-13H2,1H3/t22-/m1/s1. The van der Waals surface area contributed by atoms with Crippen LogP contribution in [0.2, 0.25) is 0 Å². The largest absolute Gasteiger partial charge is 0.504 e. The van der Waals surface area contributed by atoms with E-state index in [1.165, 1.54) is 23.3 Å². The van der Waals surface area contributed by atoms with Gasteiger partial charge in [-0.2, -0.15) is 0 Å². The summed E-state index contributed by atoms with van der Waals surface area (Å²) in [6.07, 6.45) is 1.90. The van der Waals surface area contributed by atoms with Crippen LogP contribution in [0.1, 0.15) is 34.6 Å². The highest BCUT2D eigenvalue weighted by Crippen LogP contribution is 2.41. The SMILES string of the molecule is CCOc1cc([C@@H]2C(C(=O)c3ccco3)=C(O)C(=O)N2CCc2ccccc2)ccc1O. The first-order valence-electron chi connectivity index (χ1n) is 10.3. The smallest absolute Gasteiger partial charge is 0.290 e. The number of amides is 1. The molecular weight excluding hydrogens is 410 g/mol. The topological polar surface area (TPSA) is 100 Å². The Morgan fingerprint density at radius 2 is 1.88 bits per heavy atom. The molecule has 7 nitrogen and oxygen atoms in total. The number of phenolic OH excluding ortho intramolecular Hbond substituents is 1. The first kappa shape index (κ1) is 21.2. The van der Waals surface area contributed by atoms with Crippen molar-refractivity contribution in [3.05, 3.63) is 95.1 Å². The highest BCUT2D eigenvalue weighted by atomic mass is 16.5. The monoisotopic (exact) mass is 433 g/mol. The summed E-state index contributed by atoms with van der Waals surface area (Å²) in [7, 11) is 0. The molecule has 164 valence electrons. The van der Waals surface area contributed by atoms with Crippen molar-refractivity contribution in [2.24, 2.45) is 0 Å². The molecule has 1 aromatic heterocycles. The lowest BCUT2D eigenvalue weighted by Crippen LogP contribution is -2.33. The van der Waals surface area contributed by atoms with Gasteiger partial charge in [0.05, 0.1) is 24.5 Å². The summed E-state index contributed by atoms with van der Waals surface area (Å²) in [4.78, 5) is 27.7. The van der Waals surface area contributed by atoms with Crippen LogP contribution in [-0.2, 0) is 11.2 Å². The molecule has 0 unspecified atom stereocenters. The Balaban J connectivity index is 1.75. The number of Topliss-reactive ketones (excluding diaryl/α,β-unsaturated/α-hetero) is 1. The van der Waals surface area contributed by atoms with Crippen LogP contribution < -0.4 is 4.74 Å². The second-order valence-corrected chi connectivity index (χ2v) is 7.37. The van der Waals surface area contributed by atoms with E-state index in [-0.39, 0.29) is 29.4 Å². The van der Waals surface area contributed by atoms with E-state index in [4.69, 9.17) is 9.15 Å². The van der Waals surface area contributed by atoms with Crippen LogP contribution in [0.25, 0.3) is 0 Å². The molecule has 7 heteroatoms. The van der Waals surface area contributed by atoms with Crippen molar-refractivity contribution in [3.63, 3.8) is 0 Å². The number of ether oxygens (including phenoxy) is 1. The summed E-state index contributed by atoms with van der Waals surface area (Å²) in [5.41, 5.74) is 1.49. The van der Waals surface area contributed by atoms with Crippen LogP contribution in [0.3, 0.4) is 0 Å². The Bertz CT molecular complexity index is 1150. The molecule has 2 N–H and O–H groups in total. The Labute approximate surface area is 185 Å². The Morgan fingerprint density at radius 3 is 2.56 bits per heavy atom. The van der Waals surface area contributed by atoms with Gasteiger partial charge in [0.2, 0.25) is 5.78 Å². The second-order valence-electron chi connectivity index (χ2n) is 7.37. The molecule has 1 amide bonds. The van der Waals surface area contributed by atoms with Crippen molar-refractivity contribution in [1.82, 2.24) is 4.90 Å². The first-order chi connectivity index (χ1) is 15.5. The molecule has 0 spiro atoms. The van der Waals surface area contributed by atoms with Crippen LogP contribution in [0.5, 0.6) is 11.5 Å². The second kappa shape index (κ2) is 9.01. The Morgan fingerprint density at radius 1 is 1.09 bits per heavy atom. The number of carbonyl (C=O) groups excluding carboxylic acids is 2. The summed E-state index contributed by atoms with van der Waals surface area (Å²) in [6.45, 7) is 2.39. The van der Waals surface area contributed by atoms with Crippen molar-refractivity contribution in [3.8, 4) is 11.5 Å². The average molecular weight is 433 g/mol. The van der Waals surface area contributed by atoms with Crippen molar-refractivity contribution < 1.29 is 29.0 Å². The van der Waals surface area contributed by atoms with E-state index in [0.717, 1.165) is 5.56 Å². The molecule has 32 heavy (non-hydrogen) atoms. The van der Waals surface area contributed by atoms with E-state index in [1.54, 1.807) is 25.1 Å². The molecule has 0 fully saturated rings. The molecule has 4 rings (SSSR count). The van der Waals surface area contributed by atoms with E-state index < -0.39 is 23.5 Å². The zero-order chi connectivity index (χ0) is 22.7.